The number of ether oxygens (including phenoxy) is 2. The lowest BCUT2D eigenvalue weighted by Crippen LogP contribution is -2.42. The van der Waals surface area contributed by atoms with Crippen LogP contribution < -0.4 is 4.74 Å². The number of nitrogens with zero attached hydrogens (tertiary/aromatic N) is 6. The number of amides is 1. The Labute approximate surface area is 179 Å². The van der Waals surface area contributed by atoms with Crippen LogP contribution in [0.2, 0.25) is 5.02 Å². The molecular weight excluding hydrogens is 408 g/mol. The molecule has 4 rings (SSSR count). The summed E-state index contributed by atoms with van der Waals surface area (Å²) in [5, 5.41) is 5.70. The van der Waals surface area contributed by atoms with Gasteiger partial charge in [0.2, 0.25) is 5.88 Å². The van der Waals surface area contributed by atoms with Crippen LogP contribution in [0.5, 0.6) is 11.6 Å². The molecular formula is C20H23ClN6O3. The molecule has 3 aromatic rings. The standard InChI is InChI=1S/C20H23ClN6O3/c1-20(2,3)30-19(28)26-6-4-14(5-7-26)27-17-16(11-25-27)18(24-12-23-17)29-15-8-13(21)9-22-10-15/h8-12,14H,4-7H2,1-3H3. The molecule has 1 aliphatic rings. The molecule has 1 saturated heterocycles. The van der Waals surface area contributed by atoms with Gasteiger partial charge in [-0.25, -0.2) is 19.4 Å². The molecule has 0 bridgehead atoms. The Morgan fingerprint density at radius 2 is 1.93 bits per heavy atom. The van der Waals surface area contributed by atoms with E-state index in [4.69, 9.17) is 21.1 Å². The SMILES string of the molecule is CC(C)(C)OC(=O)N1CCC(n2ncc3c(Oc4cncc(Cl)c4)ncnc32)CC1. The maximum Gasteiger partial charge on any atom is 0.410 e. The highest BCUT2D eigenvalue weighted by Gasteiger charge is 2.29. The summed E-state index contributed by atoms with van der Waals surface area (Å²) in [5.41, 5.74) is 0.184. The lowest BCUT2D eigenvalue weighted by Gasteiger charge is -2.33. The molecule has 0 saturated carbocycles. The molecule has 1 aliphatic heterocycles. The average Bonchev–Trinajstić information content (AvgIpc) is 3.12. The summed E-state index contributed by atoms with van der Waals surface area (Å²) < 4.78 is 13.2. The van der Waals surface area contributed by atoms with Gasteiger partial charge in [-0.05, 0) is 33.6 Å². The third-order valence-corrected chi connectivity index (χ3v) is 4.92. The van der Waals surface area contributed by atoms with E-state index in [0.29, 0.717) is 40.8 Å². The number of likely N-dealkylation sites (tertiary alicyclic amines) is 1. The van der Waals surface area contributed by atoms with Crippen LogP contribution >= 0.6 is 11.6 Å². The predicted molar refractivity (Wildman–Crippen MR) is 111 cm³/mol. The van der Waals surface area contributed by atoms with Crippen molar-refractivity contribution in [3.05, 3.63) is 36.0 Å². The first kappa shape index (κ1) is 20.3. The number of hydrogen-bond donors (Lipinski definition) is 0. The second-order valence-electron chi connectivity index (χ2n) is 8.14. The van der Waals surface area contributed by atoms with Gasteiger partial charge in [0, 0.05) is 25.4 Å². The highest BCUT2D eigenvalue weighted by atomic mass is 35.5. The van der Waals surface area contributed by atoms with Crippen molar-refractivity contribution in [3.63, 3.8) is 0 Å². The topological polar surface area (TPSA) is 95.3 Å². The van der Waals surface area contributed by atoms with Crippen LogP contribution in [0.4, 0.5) is 4.79 Å². The Hall–Kier alpha value is -2.94. The van der Waals surface area contributed by atoms with Crippen molar-refractivity contribution in [1.82, 2.24) is 29.6 Å². The van der Waals surface area contributed by atoms with Crippen molar-refractivity contribution < 1.29 is 14.3 Å². The first-order valence-electron chi connectivity index (χ1n) is 9.75. The second-order valence-corrected chi connectivity index (χ2v) is 8.58. The van der Waals surface area contributed by atoms with Gasteiger partial charge in [-0.2, -0.15) is 5.10 Å². The van der Waals surface area contributed by atoms with E-state index in [1.807, 2.05) is 25.5 Å². The van der Waals surface area contributed by atoms with Crippen LogP contribution in [0, 0.1) is 0 Å². The van der Waals surface area contributed by atoms with Crippen LogP contribution in [0.15, 0.2) is 31.0 Å². The van der Waals surface area contributed by atoms with Gasteiger partial charge in [0.05, 0.1) is 23.5 Å². The predicted octanol–water partition coefficient (Wildman–Crippen LogP) is 4.24. The monoisotopic (exact) mass is 430 g/mol. The zero-order valence-electron chi connectivity index (χ0n) is 17.1. The summed E-state index contributed by atoms with van der Waals surface area (Å²) in [6.45, 7) is 6.80. The van der Waals surface area contributed by atoms with Crippen molar-refractivity contribution in [2.75, 3.05) is 13.1 Å². The maximum atomic E-state index is 12.3. The van der Waals surface area contributed by atoms with E-state index in [1.165, 1.54) is 12.5 Å². The van der Waals surface area contributed by atoms with Crippen molar-refractivity contribution in [2.24, 2.45) is 0 Å². The molecule has 0 spiro atoms. The summed E-state index contributed by atoms with van der Waals surface area (Å²) in [4.78, 5) is 26.7. The number of halogens is 1. The van der Waals surface area contributed by atoms with Gasteiger partial charge < -0.3 is 14.4 Å². The number of carbonyl (C=O) groups excluding carboxylic acids is 1. The van der Waals surface area contributed by atoms with E-state index in [0.717, 1.165) is 12.8 Å². The molecule has 158 valence electrons. The van der Waals surface area contributed by atoms with Gasteiger partial charge in [0.15, 0.2) is 5.65 Å². The van der Waals surface area contributed by atoms with Crippen molar-refractivity contribution in [2.45, 2.75) is 45.3 Å². The number of aromatic nitrogens is 5. The largest absolute Gasteiger partial charge is 0.444 e. The summed E-state index contributed by atoms with van der Waals surface area (Å²) in [7, 11) is 0. The Balaban J connectivity index is 1.49. The number of carbonyl (C=O) groups is 1. The number of fused-ring (bicyclic) bond motifs is 1. The van der Waals surface area contributed by atoms with Gasteiger partial charge >= 0.3 is 6.09 Å². The van der Waals surface area contributed by atoms with Gasteiger partial charge in [-0.1, -0.05) is 11.6 Å². The van der Waals surface area contributed by atoms with Gasteiger partial charge in [-0.15, -0.1) is 0 Å². The maximum absolute atomic E-state index is 12.3. The normalized spacial score (nSPS) is 15.4. The molecule has 9 nitrogen and oxygen atoms in total. The van der Waals surface area contributed by atoms with Crippen LogP contribution in [0.25, 0.3) is 11.0 Å². The van der Waals surface area contributed by atoms with Gasteiger partial charge in [0.25, 0.3) is 0 Å². The van der Waals surface area contributed by atoms with Gasteiger partial charge in [0.1, 0.15) is 23.1 Å². The zero-order chi connectivity index (χ0) is 21.3. The smallest absolute Gasteiger partial charge is 0.410 e. The third-order valence-electron chi connectivity index (χ3n) is 4.71. The van der Waals surface area contributed by atoms with Crippen LogP contribution in [0.3, 0.4) is 0 Å². The molecule has 0 unspecified atom stereocenters. The van der Waals surface area contributed by atoms with Crippen LogP contribution in [0.1, 0.15) is 39.7 Å². The second kappa shape index (κ2) is 8.06. The molecule has 10 heteroatoms. The number of hydrogen-bond acceptors (Lipinski definition) is 7. The molecule has 4 heterocycles. The molecule has 1 fully saturated rings. The molecule has 30 heavy (non-hydrogen) atoms. The number of pyridine rings is 1. The van der Waals surface area contributed by atoms with E-state index in [-0.39, 0.29) is 12.1 Å². The fourth-order valence-corrected chi connectivity index (χ4v) is 3.53. The summed E-state index contributed by atoms with van der Waals surface area (Å²) in [5.74, 6) is 0.877. The lowest BCUT2D eigenvalue weighted by molar-refractivity contribution is 0.0186. The fraction of sp³-hybridized carbons (Fsp3) is 0.450. The van der Waals surface area contributed by atoms with E-state index in [9.17, 15) is 4.79 Å². The van der Waals surface area contributed by atoms with Crippen molar-refractivity contribution >= 4 is 28.7 Å². The van der Waals surface area contributed by atoms with E-state index in [1.54, 1.807) is 23.4 Å². The molecule has 0 aromatic carbocycles. The third kappa shape index (κ3) is 4.46. The van der Waals surface area contributed by atoms with Gasteiger partial charge in [-0.3, -0.25) is 4.98 Å². The molecule has 0 atom stereocenters. The lowest BCUT2D eigenvalue weighted by atomic mass is 10.1. The first-order valence-corrected chi connectivity index (χ1v) is 10.1. The molecule has 1 amide bonds. The Morgan fingerprint density at radius 3 is 2.63 bits per heavy atom. The molecule has 0 aliphatic carbocycles. The Morgan fingerprint density at radius 1 is 1.17 bits per heavy atom. The van der Waals surface area contributed by atoms with E-state index >= 15 is 0 Å². The van der Waals surface area contributed by atoms with E-state index < -0.39 is 5.60 Å². The minimum Gasteiger partial charge on any atom is -0.444 e. The highest BCUT2D eigenvalue weighted by Crippen LogP contribution is 2.31. The minimum atomic E-state index is -0.502. The van der Waals surface area contributed by atoms with E-state index in [2.05, 4.69) is 20.1 Å². The van der Waals surface area contributed by atoms with Crippen molar-refractivity contribution in [3.8, 4) is 11.6 Å². The summed E-state index contributed by atoms with van der Waals surface area (Å²) >= 11 is 5.98. The zero-order valence-corrected chi connectivity index (χ0v) is 17.8. The molecule has 3 aromatic heterocycles. The quantitative estimate of drug-likeness (QED) is 0.613. The molecule has 0 radical (unpaired) electrons. The highest BCUT2D eigenvalue weighted by molar-refractivity contribution is 6.30. The van der Waals surface area contributed by atoms with Crippen LogP contribution in [-0.2, 0) is 4.74 Å². The fourth-order valence-electron chi connectivity index (χ4n) is 3.37. The summed E-state index contributed by atoms with van der Waals surface area (Å²) in [6, 6.07) is 1.79. The number of rotatable bonds is 3. The number of piperidine rings is 1. The first-order chi connectivity index (χ1) is 14.3. The average molecular weight is 431 g/mol. The Kier molecular flexibility index (Phi) is 5.46. The minimum absolute atomic E-state index is 0.122. The van der Waals surface area contributed by atoms with Crippen LogP contribution in [-0.4, -0.2) is 54.4 Å². The summed E-state index contributed by atoms with van der Waals surface area (Å²) in [6.07, 6.45) is 7.48. The van der Waals surface area contributed by atoms with Crippen molar-refractivity contribution in [1.29, 1.82) is 0 Å². The Bertz CT molecular complexity index is 1060. The molecule has 0 N–H and O–H groups in total.